The molecule has 1 heterocycles. The van der Waals surface area contributed by atoms with E-state index in [9.17, 15) is 9.18 Å². The molecule has 0 radical (unpaired) electrons. The van der Waals surface area contributed by atoms with Crippen LogP contribution in [0.2, 0.25) is 0 Å². The molecule has 1 amide bonds. The Morgan fingerprint density at radius 1 is 1.24 bits per heavy atom. The van der Waals surface area contributed by atoms with E-state index in [1.165, 1.54) is 12.1 Å². The van der Waals surface area contributed by atoms with Crippen molar-refractivity contribution in [3.05, 3.63) is 64.0 Å². The molecule has 0 aliphatic carbocycles. The van der Waals surface area contributed by atoms with Gasteiger partial charge in [0.05, 0.1) is 0 Å². The van der Waals surface area contributed by atoms with Crippen molar-refractivity contribution in [2.75, 3.05) is 5.32 Å². The van der Waals surface area contributed by atoms with Crippen molar-refractivity contribution in [3.63, 3.8) is 0 Å². The van der Waals surface area contributed by atoms with Gasteiger partial charge < -0.3 is 10.3 Å². The summed E-state index contributed by atoms with van der Waals surface area (Å²) in [5.74, 6) is -0.564. The number of benzene rings is 2. The maximum absolute atomic E-state index is 13.3. The number of fused-ring (bicyclic) bond motifs is 1. The Bertz CT molecular complexity index is 841. The van der Waals surface area contributed by atoms with Crippen LogP contribution in [0.1, 0.15) is 16.1 Å². The number of aryl methyl sites for hydroxylation is 1. The van der Waals surface area contributed by atoms with Crippen LogP contribution in [0.5, 0.6) is 0 Å². The zero-order chi connectivity index (χ0) is 15.0. The summed E-state index contributed by atoms with van der Waals surface area (Å²) in [6.45, 7) is 1.80. The second-order valence-corrected chi connectivity index (χ2v) is 5.70. The molecule has 2 N–H and O–H groups in total. The normalized spacial score (nSPS) is 10.8. The summed E-state index contributed by atoms with van der Waals surface area (Å²) in [6.07, 6.45) is 0. The molecule has 0 atom stereocenters. The molecule has 0 bridgehead atoms. The second-order valence-electron chi connectivity index (χ2n) is 4.78. The summed E-state index contributed by atoms with van der Waals surface area (Å²) in [6, 6.07) is 11.8. The van der Waals surface area contributed by atoms with Gasteiger partial charge in [0.2, 0.25) is 0 Å². The van der Waals surface area contributed by atoms with E-state index in [2.05, 4.69) is 26.2 Å². The van der Waals surface area contributed by atoms with E-state index in [4.69, 9.17) is 0 Å². The molecule has 3 nitrogen and oxygen atoms in total. The third kappa shape index (κ3) is 2.69. The molecule has 2 aromatic carbocycles. The predicted molar refractivity (Wildman–Crippen MR) is 85.1 cm³/mol. The number of aromatic amines is 1. The number of carbonyl (C=O) groups excluding carboxylic acids is 1. The van der Waals surface area contributed by atoms with E-state index in [1.807, 2.05) is 18.2 Å². The maximum Gasteiger partial charge on any atom is 0.272 e. The molecule has 0 aliphatic heterocycles. The third-order valence-corrected chi connectivity index (χ3v) is 3.82. The average molecular weight is 347 g/mol. The van der Waals surface area contributed by atoms with Crippen molar-refractivity contribution in [1.82, 2.24) is 4.98 Å². The summed E-state index contributed by atoms with van der Waals surface area (Å²) >= 11 is 3.36. The number of halogens is 2. The Morgan fingerprint density at radius 2 is 2.05 bits per heavy atom. The smallest absolute Gasteiger partial charge is 0.272 e. The average Bonchev–Trinajstić information content (AvgIpc) is 2.76. The Balaban J connectivity index is 1.96. The van der Waals surface area contributed by atoms with Gasteiger partial charge in [0.15, 0.2) is 0 Å². The zero-order valence-corrected chi connectivity index (χ0v) is 12.8. The van der Waals surface area contributed by atoms with Gasteiger partial charge >= 0.3 is 0 Å². The minimum atomic E-state index is -0.316. The van der Waals surface area contributed by atoms with Gasteiger partial charge in [0.1, 0.15) is 11.5 Å². The SMILES string of the molecule is Cc1c(C(=O)Nc2cccc(Br)c2)[nH]c2ccc(F)cc12. The summed E-state index contributed by atoms with van der Waals surface area (Å²) in [7, 11) is 0. The highest BCUT2D eigenvalue weighted by Gasteiger charge is 2.15. The highest BCUT2D eigenvalue weighted by atomic mass is 79.9. The van der Waals surface area contributed by atoms with Crippen molar-refractivity contribution in [3.8, 4) is 0 Å². The monoisotopic (exact) mass is 346 g/mol. The van der Waals surface area contributed by atoms with Crippen LogP contribution in [0.15, 0.2) is 46.9 Å². The fourth-order valence-electron chi connectivity index (χ4n) is 2.29. The molecule has 3 aromatic rings. The summed E-state index contributed by atoms with van der Waals surface area (Å²) in [5, 5.41) is 3.54. The lowest BCUT2D eigenvalue weighted by Gasteiger charge is -2.05. The van der Waals surface area contributed by atoms with Crippen molar-refractivity contribution >= 4 is 38.4 Å². The van der Waals surface area contributed by atoms with Crippen LogP contribution in [0, 0.1) is 12.7 Å². The fraction of sp³-hybridized carbons (Fsp3) is 0.0625. The second kappa shape index (κ2) is 5.33. The zero-order valence-electron chi connectivity index (χ0n) is 11.2. The Labute approximate surface area is 129 Å². The minimum absolute atomic E-state index is 0.248. The number of nitrogens with one attached hydrogen (secondary N) is 2. The Morgan fingerprint density at radius 3 is 2.81 bits per heavy atom. The van der Waals surface area contributed by atoms with Crippen LogP contribution in [0.3, 0.4) is 0 Å². The van der Waals surface area contributed by atoms with Crippen LogP contribution in [0.4, 0.5) is 10.1 Å². The standard InChI is InChI=1S/C16H12BrFN2O/c1-9-13-8-11(18)5-6-14(13)20-15(9)16(21)19-12-4-2-3-10(17)7-12/h2-8,20H,1H3,(H,19,21). The quantitative estimate of drug-likeness (QED) is 0.698. The fourth-order valence-corrected chi connectivity index (χ4v) is 2.68. The maximum atomic E-state index is 13.3. The topological polar surface area (TPSA) is 44.9 Å². The molecule has 5 heteroatoms. The van der Waals surface area contributed by atoms with Gasteiger partial charge in [-0.3, -0.25) is 4.79 Å². The van der Waals surface area contributed by atoms with E-state index in [1.54, 1.807) is 19.1 Å². The van der Waals surface area contributed by atoms with Crippen molar-refractivity contribution in [1.29, 1.82) is 0 Å². The van der Waals surface area contributed by atoms with E-state index >= 15 is 0 Å². The molecule has 0 saturated carbocycles. The molecular weight excluding hydrogens is 335 g/mol. The lowest BCUT2D eigenvalue weighted by Crippen LogP contribution is -2.13. The molecule has 0 fully saturated rings. The molecular formula is C16H12BrFN2O. The van der Waals surface area contributed by atoms with Gasteiger partial charge in [-0.15, -0.1) is 0 Å². The van der Waals surface area contributed by atoms with Crippen molar-refractivity contribution < 1.29 is 9.18 Å². The molecule has 0 aliphatic rings. The van der Waals surface area contributed by atoms with E-state index in [0.29, 0.717) is 11.4 Å². The van der Waals surface area contributed by atoms with Gasteiger partial charge in [-0.2, -0.15) is 0 Å². The molecule has 21 heavy (non-hydrogen) atoms. The van der Waals surface area contributed by atoms with Crippen LogP contribution in [-0.4, -0.2) is 10.9 Å². The van der Waals surface area contributed by atoms with Gasteiger partial charge in [-0.25, -0.2) is 4.39 Å². The first-order valence-corrected chi connectivity index (χ1v) is 7.18. The highest BCUT2D eigenvalue weighted by molar-refractivity contribution is 9.10. The van der Waals surface area contributed by atoms with Crippen LogP contribution < -0.4 is 5.32 Å². The Hall–Kier alpha value is -2.14. The first-order chi connectivity index (χ1) is 10.0. The predicted octanol–water partition coefficient (Wildman–Crippen LogP) is 4.63. The molecule has 3 rings (SSSR count). The molecule has 0 spiro atoms. The van der Waals surface area contributed by atoms with Crippen molar-refractivity contribution in [2.45, 2.75) is 6.92 Å². The van der Waals surface area contributed by atoms with E-state index in [-0.39, 0.29) is 11.7 Å². The number of hydrogen-bond acceptors (Lipinski definition) is 1. The number of H-pyrrole nitrogens is 1. The number of amides is 1. The number of anilines is 1. The third-order valence-electron chi connectivity index (χ3n) is 3.33. The highest BCUT2D eigenvalue weighted by Crippen LogP contribution is 2.24. The summed E-state index contributed by atoms with van der Waals surface area (Å²) in [5.41, 5.74) is 2.61. The molecule has 106 valence electrons. The number of rotatable bonds is 2. The van der Waals surface area contributed by atoms with Crippen LogP contribution >= 0.6 is 15.9 Å². The number of aromatic nitrogens is 1. The van der Waals surface area contributed by atoms with Crippen LogP contribution in [0.25, 0.3) is 10.9 Å². The van der Waals surface area contributed by atoms with E-state index in [0.717, 1.165) is 20.9 Å². The Kier molecular flexibility index (Phi) is 3.51. The minimum Gasteiger partial charge on any atom is -0.350 e. The number of hydrogen-bond donors (Lipinski definition) is 2. The largest absolute Gasteiger partial charge is 0.350 e. The summed E-state index contributed by atoms with van der Waals surface area (Å²) < 4.78 is 14.2. The van der Waals surface area contributed by atoms with Crippen molar-refractivity contribution in [2.24, 2.45) is 0 Å². The lowest BCUT2D eigenvalue weighted by atomic mass is 10.1. The lowest BCUT2D eigenvalue weighted by molar-refractivity contribution is 0.102. The van der Waals surface area contributed by atoms with Gasteiger partial charge in [-0.05, 0) is 48.9 Å². The number of carbonyl (C=O) groups is 1. The van der Waals surface area contributed by atoms with Gasteiger partial charge in [-0.1, -0.05) is 22.0 Å². The van der Waals surface area contributed by atoms with Crippen LogP contribution in [-0.2, 0) is 0 Å². The first kappa shape index (κ1) is 13.8. The van der Waals surface area contributed by atoms with Gasteiger partial charge in [0, 0.05) is 21.1 Å². The summed E-state index contributed by atoms with van der Waals surface area (Å²) in [4.78, 5) is 15.4. The molecule has 0 unspecified atom stereocenters. The first-order valence-electron chi connectivity index (χ1n) is 6.39. The van der Waals surface area contributed by atoms with E-state index < -0.39 is 0 Å². The van der Waals surface area contributed by atoms with Gasteiger partial charge in [0.25, 0.3) is 5.91 Å². The molecule has 1 aromatic heterocycles. The molecule has 0 saturated heterocycles.